The van der Waals surface area contributed by atoms with Gasteiger partial charge in [-0.15, -0.1) is 0 Å². The van der Waals surface area contributed by atoms with Gasteiger partial charge in [-0.25, -0.2) is 4.79 Å². The van der Waals surface area contributed by atoms with Gasteiger partial charge in [0.2, 0.25) is 5.91 Å². The Bertz CT molecular complexity index is 378. The van der Waals surface area contributed by atoms with Crippen LogP contribution in [0.4, 0.5) is 4.79 Å². The number of urea groups is 1. The topological polar surface area (TPSA) is 87.7 Å². The van der Waals surface area contributed by atoms with Crippen molar-refractivity contribution in [1.29, 1.82) is 0 Å². The molecule has 0 aromatic carbocycles. The molecule has 120 valence electrons. The van der Waals surface area contributed by atoms with Crippen LogP contribution in [0.1, 0.15) is 20.3 Å². The summed E-state index contributed by atoms with van der Waals surface area (Å²) in [5, 5.41) is 4.83. The molecule has 1 rings (SSSR count). The van der Waals surface area contributed by atoms with E-state index in [-0.39, 0.29) is 12.5 Å². The number of ether oxygens (including phenoxy) is 1. The van der Waals surface area contributed by atoms with E-state index in [4.69, 9.17) is 4.74 Å². The minimum Gasteiger partial charge on any atom is -0.465 e. The number of amides is 3. The van der Waals surface area contributed by atoms with Crippen molar-refractivity contribution >= 4 is 29.7 Å². The molecule has 1 heterocycles. The molecule has 0 saturated carbocycles. The lowest BCUT2D eigenvalue weighted by Crippen LogP contribution is -2.53. The molecule has 0 radical (unpaired) electrons. The molecule has 2 N–H and O–H groups in total. The van der Waals surface area contributed by atoms with E-state index < -0.39 is 18.0 Å². The smallest absolute Gasteiger partial charge is 0.324 e. The summed E-state index contributed by atoms with van der Waals surface area (Å²) < 4.78 is 5.02. The van der Waals surface area contributed by atoms with Gasteiger partial charge in [0.25, 0.3) is 0 Å². The van der Waals surface area contributed by atoms with Crippen molar-refractivity contribution < 1.29 is 19.1 Å². The SMILES string of the molecule is CCCNC(=O)NC(=O)CN1CCSCC1C(=O)OCC. The predicted octanol–water partition coefficient (Wildman–Crippen LogP) is 0.203. The van der Waals surface area contributed by atoms with Crippen molar-refractivity contribution in [3.8, 4) is 0 Å². The Morgan fingerprint density at radius 3 is 2.76 bits per heavy atom. The van der Waals surface area contributed by atoms with E-state index in [0.29, 0.717) is 25.4 Å². The molecule has 1 atom stereocenters. The quantitative estimate of drug-likeness (QED) is 0.681. The summed E-state index contributed by atoms with van der Waals surface area (Å²) in [6, 6.07) is -0.922. The summed E-state index contributed by atoms with van der Waals surface area (Å²) >= 11 is 1.66. The van der Waals surface area contributed by atoms with Crippen LogP contribution >= 0.6 is 11.8 Å². The maximum Gasteiger partial charge on any atom is 0.324 e. The van der Waals surface area contributed by atoms with Crippen LogP contribution < -0.4 is 10.6 Å². The monoisotopic (exact) mass is 317 g/mol. The first kappa shape index (κ1) is 17.8. The molecule has 0 bridgehead atoms. The van der Waals surface area contributed by atoms with E-state index in [1.54, 1.807) is 23.6 Å². The second kappa shape index (κ2) is 9.62. The van der Waals surface area contributed by atoms with Gasteiger partial charge in [0.1, 0.15) is 6.04 Å². The van der Waals surface area contributed by atoms with Crippen LogP contribution in [0.15, 0.2) is 0 Å². The second-order valence-electron chi connectivity index (χ2n) is 4.62. The Balaban J connectivity index is 2.47. The minimum absolute atomic E-state index is 0.0174. The van der Waals surface area contributed by atoms with Crippen molar-refractivity contribution in [3.05, 3.63) is 0 Å². The largest absolute Gasteiger partial charge is 0.465 e. The van der Waals surface area contributed by atoms with Crippen LogP contribution in [0.3, 0.4) is 0 Å². The highest BCUT2D eigenvalue weighted by atomic mass is 32.2. The number of hydrogen-bond donors (Lipinski definition) is 2. The summed E-state index contributed by atoms with van der Waals surface area (Å²) in [6.07, 6.45) is 0.801. The molecule has 8 heteroatoms. The highest BCUT2D eigenvalue weighted by Gasteiger charge is 2.31. The molecule has 1 saturated heterocycles. The fraction of sp³-hybridized carbons (Fsp3) is 0.769. The molecule has 3 amide bonds. The Kier molecular flexibility index (Phi) is 8.14. The van der Waals surface area contributed by atoms with Gasteiger partial charge in [-0.3, -0.25) is 19.8 Å². The highest BCUT2D eigenvalue weighted by molar-refractivity contribution is 7.99. The van der Waals surface area contributed by atoms with Crippen molar-refractivity contribution in [3.63, 3.8) is 0 Å². The van der Waals surface area contributed by atoms with E-state index in [1.165, 1.54) is 0 Å². The third-order valence-corrected chi connectivity index (χ3v) is 3.96. The average molecular weight is 317 g/mol. The number of carbonyl (C=O) groups excluding carboxylic acids is 3. The number of carbonyl (C=O) groups is 3. The summed E-state index contributed by atoms with van der Waals surface area (Å²) in [4.78, 5) is 36.9. The second-order valence-corrected chi connectivity index (χ2v) is 5.77. The lowest BCUT2D eigenvalue weighted by Gasteiger charge is -2.32. The van der Waals surface area contributed by atoms with Crippen molar-refractivity contribution in [2.24, 2.45) is 0 Å². The van der Waals surface area contributed by atoms with Gasteiger partial charge >= 0.3 is 12.0 Å². The standard InChI is InChI=1S/C13H23N3O4S/c1-3-5-14-13(19)15-11(17)8-16-6-7-21-9-10(16)12(18)20-4-2/h10H,3-9H2,1-2H3,(H2,14,15,17,19). The molecule has 0 aliphatic carbocycles. The van der Waals surface area contributed by atoms with Crippen LogP contribution in [-0.4, -0.2) is 66.6 Å². The van der Waals surface area contributed by atoms with Gasteiger partial charge < -0.3 is 10.1 Å². The molecule has 1 aliphatic rings. The first-order valence-electron chi connectivity index (χ1n) is 7.14. The Labute approximate surface area is 129 Å². The molecule has 1 fully saturated rings. The number of nitrogens with zero attached hydrogens (tertiary/aromatic N) is 1. The van der Waals surface area contributed by atoms with E-state index in [9.17, 15) is 14.4 Å². The number of imide groups is 1. The Morgan fingerprint density at radius 2 is 2.10 bits per heavy atom. The van der Waals surface area contributed by atoms with Crippen molar-refractivity contribution in [2.45, 2.75) is 26.3 Å². The van der Waals surface area contributed by atoms with Gasteiger partial charge in [0, 0.05) is 24.6 Å². The van der Waals surface area contributed by atoms with Gasteiger partial charge in [-0.05, 0) is 13.3 Å². The molecule has 0 aromatic heterocycles. The fourth-order valence-electron chi connectivity index (χ4n) is 1.92. The Hall–Kier alpha value is -1.28. The van der Waals surface area contributed by atoms with E-state index >= 15 is 0 Å². The van der Waals surface area contributed by atoms with E-state index in [1.807, 2.05) is 6.92 Å². The third kappa shape index (κ3) is 6.34. The molecule has 0 spiro atoms. The molecular formula is C13H23N3O4S. The predicted molar refractivity (Wildman–Crippen MR) is 81.2 cm³/mol. The lowest BCUT2D eigenvalue weighted by molar-refractivity contribution is -0.149. The number of rotatable bonds is 6. The molecular weight excluding hydrogens is 294 g/mol. The molecule has 0 aromatic rings. The number of hydrogen-bond acceptors (Lipinski definition) is 6. The summed E-state index contributed by atoms with van der Waals surface area (Å²) in [7, 11) is 0. The summed E-state index contributed by atoms with van der Waals surface area (Å²) in [6.45, 7) is 5.16. The van der Waals surface area contributed by atoms with Gasteiger partial charge in [0.15, 0.2) is 0 Å². The molecule has 7 nitrogen and oxygen atoms in total. The Morgan fingerprint density at radius 1 is 1.33 bits per heavy atom. The number of esters is 1. The maximum atomic E-state index is 11.9. The highest BCUT2D eigenvalue weighted by Crippen LogP contribution is 2.17. The normalized spacial score (nSPS) is 18.9. The first-order chi connectivity index (χ1) is 10.1. The third-order valence-electron chi connectivity index (χ3n) is 2.93. The minimum atomic E-state index is -0.499. The summed E-state index contributed by atoms with van der Waals surface area (Å²) in [5.41, 5.74) is 0. The van der Waals surface area contributed by atoms with Crippen LogP contribution in [0.25, 0.3) is 0 Å². The van der Waals surface area contributed by atoms with E-state index in [2.05, 4.69) is 10.6 Å². The van der Waals surface area contributed by atoms with Crippen molar-refractivity contribution in [1.82, 2.24) is 15.5 Å². The lowest BCUT2D eigenvalue weighted by atomic mass is 10.2. The van der Waals surface area contributed by atoms with E-state index in [0.717, 1.165) is 12.2 Å². The van der Waals surface area contributed by atoms with Crippen LogP contribution in [0, 0.1) is 0 Å². The van der Waals surface area contributed by atoms with Gasteiger partial charge in [0.05, 0.1) is 13.2 Å². The molecule has 1 unspecified atom stereocenters. The first-order valence-corrected chi connectivity index (χ1v) is 8.30. The van der Waals surface area contributed by atoms with Gasteiger partial charge in [-0.2, -0.15) is 11.8 Å². The fourth-order valence-corrected chi connectivity index (χ4v) is 3.02. The zero-order valence-electron chi connectivity index (χ0n) is 12.5. The average Bonchev–Trinajstić information content (AvgIpc) is 2.45. The van der Waals surface area contributed by atoms with Crippen molar-refractivity contribution in [2.75, 3.05) is 37.7 Å². The van der Waals surface area contributed by atoms with Crippen LogP contribution in [0.5, 0.6) is 0 Å². The van der Waals surface area contributed by atoms with Crippen LogP contribution in [-0.2, 0) is 14.3 Å². The summed E-state index contributed by atoms with van der Waals surface area (Å²) in [5.74, 6) is 0.733. The molecule has 21 heavy (non-hydrogen) atoms. The number of thioether (sulfide) groups is 1. The zero-order chi connectivity index (χ0) is 15.7. The zero-order valence-corrected chi connectivity index (χ0v) is 13.3. The maximum absolute atomic E-state index is 11.9. The number of nitrogens with one attached hydrogen (secondary N) is 2. The van der Waals surface area contributed by atoms with Gasteiger partial charge in [-0.1, -0.05) is 6.92 Å². The molecule has 1 aliphatic heterocycles. The van der Waals surface area contributed by atoms with Crippen LogP contribution in [0.2, 0.25) is 0 Å².